The fourth-order valence-corrected chi connectivity index (χ4v) is 1.13. The number of hydrogen-bond acceptors (Lipinski definition) is 5. The topological polar surface area (TPSA) is 91.7 Å². The zero-order chi connectivity index (χ0) is 12.3. The molecular weight excluding hydrogens is 240 g/mol. The zero-order valence-electron chi connectivity index (χ0n) is 8.30. The normalized spacial score (nSPS) is 8.67. The predicted molar refractivity (Wildman–Crippen MR) is 61.5 cm³/mol. The third-order valence-corrected chi connectivity index (χ3v) is 1.99. The first kappa shape index (κ1) is 16.7. The van der Waals surface area contributed by atoms with Crippen LogP contribution in [-0.4, -0.2) is 38.8 Å². The largest absolute Gasteiger partial charge is 0.481 e. The lowest BCUT2D eigenvalue weighted by Crippen LogP contribution is -1.97. The molecule has 0 aliphatic heterocycles. The highest BCUT2D eigenvalue weighted by molar-refractivity contribution is 8.13. The van der Waals surface area contributed by atoms with Crippen LogP contribution in [0.2, 0.25) is 0 Å². The van der Waals surface area contributed by atoms with Gasteiger partial charge in [-0.05, 0) is 0 Å². The molecule has 7 heteroatoms. The Bertz CT molecular complexity index is 203. The molecule has 0 spiro atoms. The van der Waals surface area contributed by atoms with Crippen molar-refractivity contribution in [2.75, 3.05) is 11.5 Å². The van der Waals surface area contributed by atoms with Crippen molar-refractivity contribution in [1.29, 1.82) is 0 Å². The van der Waals surface area contributed by atoms with E-state index in [0.717, 1.165) is 11.8 Å². The number of carbonyl (C=O) groups is 3. The number of carbonyl (C=O) groups excluding carboxylic acids is 1. The van der Waals surface area contributed by atoms with Crippen LogP contribution in [0, 0.1) is 0 Å². The predicted octanol–water partition coefficient (Wildman–Crippen LogP) is 1.13. The second kappa shape index (κ2) is 11.4. The Hall–Kier alpha value is -0.690. The van der Waals surface area contributed by atoms with Crippen molar-refractivity contribution >= 4 is 41.4 Å². The minimum atomic E-state index is -0.858. The van der Waals surface area contributed by atoms with Gasteiger partial charge in [-0.15, -0.1) is 0 Å². The molecule has 0 aromatic carbocycles. The van der Waals surface area contributed by atoms with Gasteiger partial charge in [0.25, 0.3) is 0 Å². The molecule has 88 valence electrons. The molecule has 15 heavy (non-hydrogen) atoms. The minimum Gasteiger partial charge on any atom is -0.481 e. The van der Waals surface area contributed by atoms with Crippen LogP contribution in [0.15, 0.2) is 0 Å². The van der Waals surface area contributed by atoms with E-state index in [1.807, 2.05) is 0 Å². The lowest BCUT2D eigenvalue weighted by atomic mass is 10.5. The molecule has 0 fully saturated rings. The van der Waals surface area contributed by atoms with Crippen LogP contribution in [0.4, 0.5) is 0 Å². The molecule has 0 amide bonds. The molecule has 0 atom stereocenters. The van der Waals surface area contributed by atoms with Gasteiger partial charge in [-0.1, -0.05) is 11.8 Å². The summed E-state index contributed by atoms with van der Waals surface area (Å²) in [5, 5.41) is 15.9. The first-order valence-electron chi connectivity index (χ1n) is 4.08. The standard InChI is InChI=1S/C5H8O3S.C3H6O2S/c1-4(6)9-3-2-5(7)8;4-3(5)1-2-6/h2-3H2,1H3,(H,7,8);6H,1-2H2,(H,4,5). The number of carboxylic acid groups (broad SMARTS) is 2. The highest BCUT2D eigenvalue weighted by atomic mass is 32.2. The van der Waals surface area contributed by atoms with E-state index < -0.39 is 11.9 Å². The highest BCUT2D eigenvalue weighted by Crippen LogP contribution is 2.02. The summed E-state index contributed by atoms with van der Waals surface area (Å²) in [5.74, 6) is -0.839. The van der Waals surface area contributed by atoms with Crippen LogP contribution in [0.1, 0.15) is 19.8 Å². The first-order chi connectivity index (χ1) is 6.90. The monoisotopic (exact) mass is 254 g/mol. The van der Waals surface area contributed by atoms with Crippen LogP contribution in [-0.2, 0) is 14.4 Å². The van der Waals surface area contributed by atoms with Gasteiger partial charge in [0.1, 0.15) is 0 Å². The SMILES string of the molecule is CC(=O)SCCC(=O)O.O=C(O)CCS. The molecule has 0 radical (unpaired) electrons. The Labute approximate surface area is 97.7 Å². The van der Waals surface area contributed by atoms with Gasteiger partial charge in [-0.25, -0.2) is 0 Å². The van der Waals surface area contributed by atoms with Crippen molar-refractivity contribution in [1.82, 2.24) is 0 Å². The van der Waals surface area contributed by atoms with Gasteiger partial charge >= 0.3 is 11.9 Å². The summed E-state index contributed by atoms with van der Waals surface area (Å²) < 4.78 is 0. The second-order valence-electron chi connectivity index (χ2n) is 2.35. The number of carboxylic acids is 2. The van der Waals surface area contributed by atoms with E-state index in [1.54, 1.807) is 0 Å². The van der Waals surface area contributed by atoms with Crippen LogP contribution in [0.25, 0.3) is 0 Å². The van der Waals surface area contributed by atoms with E-state index in [-0.39, 0.29) is 18.0 Å². The van der Waals surface area contributed by atoms with E-state index in [2.05, 4.69) is 12.6 Å². The Kier molecular flexibility index (Phi) is 12.7. The highest BCUT2D eigenvalue weighted by Gasteiger charge is 1.97. The summed E-state index contributed by atoms with van der Waals surface area (Å²) in [6, 6.07) is 0. The third-order valence-electron chi connectivity index (χ3n) is 0.947. The molecule has 0 aromatic rings. The van der Waals surface area contributed by atoms with Gasteiger partial charge < -0.3 is 10.2 Å². The third kappa shape index (κ3) is 24.7. The van der Waals surface area contributed by atoms with Crippen LogP contribution in [0.3, 0.4) is 0 Å². The fraction of sp³-hybridized carbons (Fsp3) is 0.625. The van der Waals surface area contributed by atoms with Gasteiger partial charge in [-0.3, -0.25) is 14.4 Å². The maximum Gasteiger partial charge on any atom is 0.304 e. The Balaban J connectivity index is 0. The van der Waals surface area contributed by atoms with Crippen molar-refractivity contribution in [3.05, 3.63) is 0 Å². The average Bonchev–Trinajstić information content (AvgIpc) is 2.03. The molecule has 0 heterocycles. The van der Waals surface area contributed by atoms with Crippen LogP contribution < -0.4 is 0 Å². The average molecular weight is 254 g/mol. The molecule has 2 N–H and O–H groups in total. The number of aliphatic carboxylic acids is 2. The molecule has 5 nitrogen and oxygen atoms in total. The molecule has 0 unspecified atom stereocenters. The molecule has 0 saturated carbocycles. The van der Waals surface area contributed by atoms with E-state index >= 15 is 0 Å². The summed E-state index contributed by atoms with van der Waals surface area (Å²) in [5.41, 5.74) is 0. The van der Waals surface area contributed by atoms with Crippen molar-refractivity contribution in [3.63, 3.8) is 0 Å². The lowest BCUT2D eigenvalue weighted by molar-refractivity contribution is -0.137. The maximum atomic E-state index is 10.2. The molecular formula is C8H14O5S2. The second-order valence-corrected chi connectivity index (χ2v) is 4.07. The molecule has 0 aliphatic rings. The Morgan fingerprint density at radius 1 is 1.13 bits per heavy atom. The molecule has 0 saturated heterocycles. The molecule has 0 rings (SSSR count). The smallest absolute Gasteiger partial charge is 0.304 e. The van der Waals surface area contributed by atoms with Gasteiger partial charge in [0.05, 0.1) is 12.8 Å². The van der Waals surface area contributed by atoms with Crippen LogP contribution >= 0.6 is 24.4 Å². The first-order valence-corrected chi connectivity index (χ1v) is 5.69. The quantitative estimate of drug-likeness (QED) is 0.637. The summed E-state index contributed by atoms with van der Waals surface area (Å²) in [6.45, 7) is 1.42. The van der Waals surface area contributed by atoms with Crippen molar-refractivity contribution in [3.8, 4) is 0 Å². The summed E-state index contributed by atoms with van der Waals surface area (Å²) in [4.78, 5) is 29.6. The van der Waals surface area contributed by atoms with Gasteiger partial charge in [0.2, 0.25) is 0 Å². The lowest BCUT2D eigenvalue weighted by Gasteiger charge is -1.89. The van der Waals surface area contributed by atoms with Crippen molar-refractivity contribution in [2.45, 2.75) is 19.8 Å². The number of rotatable bonds is 5. The number of hydrogen-bond donors (Lipinski definition) is 3. The van der Waals surface area contributed by atoms with Crippen molar-refractivity contribution in [2.24, 2.45) is 0 Å². The summed E-state index contributed by atoms with van der Waals surface area (Å²) in [6.07, 6.45) is 0.216. The minimum absolute atomic E-state index is 0.0312. The van der Waals surface area contributed by atoms with E-state index in [4.69, 9.17) is 10.2 Å². The van der Waals surface area contributed by atoms with Gasteiger partial charge in [0, 0.05) is 18.4 Å². The molecule has 0 aliphatic carbocycles. The Morgan fingerprint density at radius 2 is 1.60 bits per heavy atom. The summed E-state index contributed by atoms with van der Waals surface area (Å²) in [7, 11) is 0. The van der Waals surface area contributed by atoms with Gasteiger partial charge in [0.15, 0.2) is 5.12 Å². The molecule has 0 bridgehead atoms. The summed E-state index contributed by atoms with van der Waals surface area (Å²) >= 11 is 4.72. The van der Waals surface area contributed by atoms with Gasteiger partial charge in [-0.2, -0.15) is 12.6 Å². The molecule has 0 aromatic heterocycles. The Morgan fingerprint density at radius 3 is 1.80 bits per heavy atom. The van der Waals surface area contributed by atoms with E-state index in [9.17, 15) is 14.4 Å². The van der Waals surface area contributed by atoms with E-state index in [0.29, 0.717) is 11.5 Å². The van der Waals surface area contributed by atoms with E-state index in [1.165, 1.54) is 6.92 Å². The zero-order valence-corrected chi connectivity index (χ0v) is 10.0. The fourth-order valence-electron chi connectivity index (χ4n) is 0.378. The van der Waals surface area contributed by atoms with Crippen LogP contribution in [0.5, 0.6) is 0 Å². The number of thiol groups is 1. The maximum absolute atomic E-state index is 10.2. The van der Waals surface area contributed by atoms with Crippen molar-refractivity contribution < 1.29 is 24.6 Å². The number of thioether (sulfide) groups is 1.